The van der Waals surface area contributed by atoms with Crippen molar-refractivity contribution in [1.29, 1.82) is 0 Å². The van der Waals surface area contributed by atoms with Crippen molar-refractivity contribution < 1.29 is 0 Å². The van der Waals surface area contributed by atoms with Gasteiger partial charge in [0.25, 0.3) is 0 Å². The highest BCUT2D eigenvalue weighted by Crippen LogP contribution is 2.02. The van der Waals surface area contributed by atoms with Crippen LogP contribution >= 0.6 is 0 Å². The Kier molecular flexibility index (Phi) is 2.11. The van der Waals surface area contributed by atoms with E-state index in [1.165, 1.54) is 6.42 Å². The van der Waals surface area contributed by atoms with Gasteiger partial charge in [-0.2, -0.15) is 0 Å². The molecule has 0 aromatic carbocycles. The predicted octanol–water partition coefficient (Wildman–Crippen LogP) is 0.424. The molecule has 0 radical (unpaired) electrons. The van der Waals surface area contributed by atoms with E-state index in [1.807, 2.05) is 6.20 Å². The fourth-order valence-corrected chi connectivity index (χ4v) is 0.989. The van der Waals surface area contributed by atoms with E-state index in [2.05, 4.69) is 30.4 Å². The van der Waals surface area contributed by atoms with Gasteiger partial charge in [0, 0.05) is 12.6 Å². The molecule has 1 aliphatic rings. The molecule has 0 saturated heterocycles. The number of rotatable bonds is 1. The molecule has 0 bridgehead atoms. The lowest BCUT2D eigenvalue weighted by molar-refractivity contribution is 0.286. The van der Waals surface area contributed by atoms with Crippen LogP contribution in [0.5, 0.6) is 0 Å². The van der Waals surface area contributed by atoms with Gasteiger partial charge >= 0.3 is 0 Å². The molecule has 0 spiro atoms. The molecule has 52 valence electrons. The van der Waals surface area contributed by atoms with Gasteiger partial charge < -0.3 is 10.2 Å². The molecule has 9 heavy (non-hydrogen) atoms. The lowest BCUT2D eigenvalue weighted by Gasteiger charge is -2.25. The molecule has 1 atom stereocenters. The second kappa shape index (κ2) is 2.87. The highest BCUT2D eigenvalue weighted by molar-refractivity contribution is 4.91. The van der Waals surface area contributed by atoms with Crippen molar-refractivity contribution in [2.45, 2.75) is 12.5 Å². The molecule has 1 aliphatic heterocycles. The van der Waals surface area contributed by atoms with Crippen LogP contribution in [0.2, 0.25) is 0 Å². The lowest BCUT2D eigenvalue weighted by Crippen LogP contribution is -2.37. The van der Waals surface area contributed by atoms with Gasteiger partial charge in [0.1, 0.15) is 0 Å². The zero-order chi connectivity index (χ0) is 6.69. The third-order valence-electron chi connectivity index (χ3n) is 1.73. The lowest BCUT2D eigenvalue weighted by atomic mass is 10.1. The van der Waals surface area contributed by atoms with Crippen molar-refractivity contribution in [2.24, 2.45) is 0 Å². The first-order chi connectivity index (χ1) is 4.30. The van der Waals surface area contributed by atoms with Crippen molar-refractivity contribution in [2.75, 3.05) is 20.6 Å². The summed E-state index contributed by atoms with van der Waals surface area (Å²) < 4.78 is 0. The molecular formula is C7H14N2. The van der Waals surface area contributed by atoms with Gasteiger partial charge in [0.2, 0.25) is 0 Å². The standard InChI is InChI=1S/C7H14N2/c1-9(2)7-4-3-5-8-6-7/h3,5,7-8H,4,6H2,1-2H3/t7-/m1/s1. The Hall–Kier alpha value is -0.500. The highest BCUT2D eigenvalue weighted by Gasteiger charge is 2.09. The van der Waals surface area contributed by atoms with Crippen LogP contribution < -0.4 is 5.32 Å². The maximum Gasteiger partial charge on any atom is 0.0300 e. The van der Waals surface area contributed by atoms with E-state index in [0.29, 0.717) is 6.04 Å². The zero-order valence-corrected chi connectivity index (χ0v) is 6.09. The number of hydrogen-bond donors (Lipinski definition) is 1. The van der Waals surface area contributed by atoms with Gasteiger partial charge in [0.15, 0.2) is 0 Å². The van der Waals surface area contributed by atoms with Gasteiger partial charge in [-0.05, 0) is 26.7 Å². The number of nitrogens with one attached hydrogen (secondary N) is 1. The molecule has 1 N–H and O–H groups in total. The van der Waals surface area contributed by atoms with E-state index < -0.39 is 0 Å². The van der Waals surface area contributed by atoms with Crippen molar-refractivity contribution in [3.8, 4) is 0 Å². The van der Waals surface area contributed by atoms with Crippen molar-refractivity contribution >= 4 is 0 Å². The predicted molar refractivity (Wildman–Crippen MR) is 39.2 cm³/mol. The monoisotopic (exact) mass is 126 g/mol. The summed E-state index contributed by atoms with van der Waals surface area (Å²) in [5.74, 6) is 0. The van der Waals surface area contributed by atoms with Gasteiger partial charge in [-0.1, -0.05) is 6.08 Å². The van der Waals surface area contributed by atoms with Gasteiger partial charge in [-0.3, -0.25) is 0 Å². The van der Waals surface area contributed by atoms with E-state index in [9.17, 15) is 0 Å². The Balaban J connectivity index is 2.35. The fraction of sp³-hybridized carbons (Fsp3) is 0.714. The molecule has 1 heterocycles. The Morgan fingerprint density at radius 1 is 1.56 bits per heavy atom. The molecule has 0 saturated carbocycles. The largest absolute Gasteiger partial charge is 0.390 e. The minimum Gasteiger partial charge on any atom is -0.390 e. The fourth-order valence-electron chi connectivity index (χ4n) is 0.989. The summed E-state index contributed by atoms with van der Waals surface area (Å²) in [5.41, 5.74) is 0. The molecule has 1 rings (SSSR count). The SMILES string of the molecule is CN(C)[C@@H]1CC=CNC1. The van der Waals surface area contributed by atoms with Crippen LogP contribution in [-0.2, 0) is 0 Å². The third kappa shape index (κ3) is 1.72. The maximum absolute atomic E-state index is 3.19. The summed E-state index contributed by atoms with van der Waals surface area (Å²) in [5, 5.41) is 3.19. The van der Waals surface area contributed by atoms with Crippen LogP contribution in [0, 0.1) is 0 Å². The van der Waals surface area contributed by atoms with Gasteiger partial charge in [-0.15, -0.1) is 0 Å². The van der Waals surface area contributed by atoms with E-state index in [-0.39, 0.29) is 0 Å². The molecule has 0 aromatic rings. The normalized spacial score (nSPS) is 26.3. The summed E-state index contributed by atoms with van der Waals surface area (Å²) in [7, 11) is 4.23. The number of hydrogen-bond acceptors (Lipinski definition) is 2. The van der Waals surface area contributed by atoms with Crippen LogP contribution in [-0.4, -0.2) is 31.6 Å². The average Bonchev–Trinajstić information content (AvgIpc) is 1.90. The average molecular weight is 126 g/mol. The van der Waals surface area contributed by atoms with Gasteiger partial charge in [0.05, 0.1) is 0 Å². The van der Waals surface area contributed by atoms with E-state index in [4.69, 9.17) is 0 Å². The first-order valence-electron chi connectivity index (χ1n) is 3.35. The summed E-state index contributed by atoms with van der Waals surface area (Å²) in [6.07, 6.45) is 5.38. The van der Waals surface area contributed by atoms with Crippen LogP contribution in [0.25, 0.3) is 0 Å². The minimum atomic E-state index is 0.690. The van der Waals surface area contributed by atoms with Crippen LogP contribution in [0.4, 0.5) is 0 Å². The highest BCUT2D eigenvalue weighted by atomic mass is 15.1. The van der Waals surface area contributed by atoms with E-state index >= 15 is 0 Å². The second-order valence-corrected chi connectivity index (χ2v) is 2.66. The maximum atomic E-state index is 3.19. The molecule has 0 fully saturated rings. The van der Waals surface area contributed by atoms with Crippen LogP contribution in [0.15, 0.2) is 12.3 Å². The number of nitrogens with zero attached hydrogens (tertiary/aromatic N) is 1. The Morgan fingerprint density at radius 3 is 2.67 bits per heavy atom. The molecule has 0 aliphatic carbocycles. The van der Waals surface area contributed by atoms with Gasteiger partial charge in [-0.25, -0.2) is 0 Å². The zero-order valence-electron chi connectivity index (χ0n) is 6.09. The van der Waals surface area contributed by atoms with Crippen LogP contribution in [0.1, 0.15) is 6.42 Å². The Morgan fingerprint density at radius 2 is 2.33 bits per heavy atom. The van der Waals surface area contributed by atoms with E-state index in [0.717, 1.165) is 6.54 Å². The molecule has 2 nitrogen and oxygen atoms in total. The quantitative estimate of drug-likeness (QED) is 0.548. The van der Waals surface area contributed by atoms with Crippen molar-refractivity contribution in [1.82, 2.24) is 10.2 Å². The second-order valence-electron chi connectivity index (χ2n) is 2.66. The first-order valence-corrected chi connectivity index (χ1v) is 3.35. The van der Waals surface area contributed by atoms with E-state index in [1.54, 1.807) is 0 Å². The minimum absolute atomic E-state index is 0.690. The Labute approximate surface area is 56.5 Å². The van der Waals surface area contributed by atoms with Crippen molar-refractivity contribution in [3.63, 3.8) is 0 Å². The molecule has 0 aromatic heterocycles. The Bertz CT molecular complexity index is 107. The summed E-state index contributed by atoms with van der Waals surface area (Å²) in [6.45, 7) is 1.09. The smallest absolute Gasteiger partial charge is 0.0300 e. The first kappa shape index (κ1) is 6.62. The third-order valence-corrected chi connectivity index (χ3v) is 1.73. The summed E-state index contributed by atoms with van der Waals surface area (Å²) >= 11 is 0. The van der Waals surface area contributed by atoms with Crippen LogP contribution in [0.3, 0.4) is 0 Å². The summed E-state index contributed by atoms with van der Waals surface area (Å²) in [6, 6.07) is 0.690. The molecule has 2 heteroatoms. The molecule has 0 unspecified atom stereocenters. The molecule has 0 amide bonds. The van der Waals surface area contributed by atoms with Crippen molar-refractivity contribution in [3.05, 3.63) is 12.3 Å². The summed E-state index contributed by atoms with van der Waals surface area (Å²) in [4.78, 5) is 2.25. The topological polar surface area (TPSA) is 15.3 Å². The molecular weight excluding hydrogens is 112 g/mol. The number of likely N-dealkylation sites (N-methyl/N-ethyl adjacent to an activating group) is 1.